The standard InChI is InChI=1S/C48H58N8O8S2/c1-48(2)12-7-35(41(28-48)39-11-24-65-45(39)32-54-18-22-63-23-19-54)31-53-14-16-55(17-15-53)36-3-5-40(44(26-36)64-37-25-34-8-13-49-46(34)51-30-37)47(57)52-66(60,61)38-4-6-42(43(27-38)56(58)59)50-29-33-9-20-62-21-10-33/h3-6,8,11,13,24-27,30,33,50H,7,9-10,12,14-23,28-29,31-32H2,1-2H3,(H,49,51)(H,52,57). The number of aromatic amines is 1. The molecule has 16 nitrogen and oxygen atoms in total. The smallest absolute Gasteiger partial charge is 0.293 e. The van der Waals surface area contributed by atoms with Gasteiger partial charge in [-0.3, -0.25) is 24.7 Å². The van der Waals surface area contributed by atoms with E-state index in [9.17, 15) is 23.3 Å². The number of sulfonamides is 1. The summed E-state index contributed by atoms with van der Waals surface area (Å²) in [4.78, 5) is 41.3. The average molecular weight is 939 g/mol. The fourth-order valence-electron chi connectivity index (χ4n) is 9.42. The lowest BCUT2D eigenvalue weighted by molar-refractivity contribution is -0.384. The molecule has 1 aliphatic carbocycles. The van der Waals surface area contributed by atoms with Gasteiger partial charge >= 0.3 is 0 Å². The van der Waals surface area contributed by atoms with Crippen LogP contribution in [0.5, 0.6) is 11.5 Å². The topological polar surface area (TPSA) is 184 Å². The molecule has 0 saturated carbocycles. The molecule has 0 atom stereocenters. The number of H-pyrrole nitrogens is 1. The first kappa shape index (κ1) is 45.8. The lowest BCUT2D eigenvalue weighted by atomic mass is 9.72. The summed E-state index contributed by atoms with van der Waals surface area (Å²) in [5.41, 5.74) is 5.95. The molecule has 3 fully saturated rings. The minimum Gasteiger partial charge on any atom is -0.455 e. The van der Waals surface area contributed by atoms with Gasteiger partial charge in [0.25, 0.3) is 21.6 Å². The largest absolute Gasteiger partial charge is 0.455 e. The van der Waals surface area contributed by atoms with E-state index in [2.05, 4.69) is 60.0 Å². The third-order valence-corrected chi connectivity index (χ3v) is 15.6. The Labute approximate surface area is 389 Å². The second kappa shape index (κ2) is 19.8. The molecule has 2 aromatic carbocycles. The molecular formula is C48H58N8O8S2. The number of aromatic nitrogens is 2. The molecule has 0 spiro atoms. The first-order valence-electron chi connectivity index (χ1n) is 22.8. The van der Waals surface area contributed by atoms with Gasteiger partial charge < -0.3 is 29.4 Å². The zero-order valence-corrected chi connectivity index (χ0v) is 39.2. The van der Waals surface area contributed by atoms with Crippen LogP contribution in [0.2, 0.25) is 0 Å². The molecule has 6 heterocycles. The minimum atomic E-state index is -4.56. The number of rotatable bonds is 15. The van der Waals surface area contributed by atoms with Crippen molar-refractivity contribution in [3.8, 4) is 11.5 Å². The zero-order valence-electron chi connectivity index (χ0n) is 37.6. The third kappa shape index (κ3) is 10.7. The van der Waals surface area contributed by atoms with Crippen LogP contribution in [0.4, 0.5) is 17.1 Å². The summed E-state index contributed by atoms with van der Waals surface area (Å²) in [6.07, 6.45) is 8.26. The Morgan fingerprint density at radius 2 is 1.74 bits per heavy atom. The molecule has 18 heteroatoms. The zero-order chi connectivity index (χ0) is 45.8. The van der Waals surface area contributed by atoms with Crippen LogP contribution in [0.1, 0.15) is 66.8 Å². The van der Waals surface area contributed by atoms with Crippen molar-refractivity contribution in [3.63, 3.8) is 0 Å². The number of nitrogens with zero attached hydrogens (tertiary/aromatic N) is 5. The highest BCUT2D eigenvalue weighted by Gasteiger charge is 2.32. The van der Waals surface area contributed by atoms with E-state index >= 15 is 0 Å². The Hall–Kier alpha value is -5.37. The second-order valence-corrected chi connectivity index (χ2v) is 21.2. The number of anilines is 2. The number of nitro benzene ring substituents is 1. The summed E-state index contributed by atoms with van der Waals surface area (Å²) >= 11 is 1.86. The number of amides is 1. The first-order chi connectivity index (χ1) is 31.9. The van der Waals surface area contributed by atoms with Crippen molar-refractivity contribution in [1.82, 2.24) is 24.5 Å². The molecule has 3 N–H and O–H groups in total. The number of piperazine rings is 1. The van der Waals surface area contributed by atoms with E-state index in [1.165, 1.54) is 39.9 Å². The van der Waals surface area contributed by atoms with Gasteiger partial charge in [-0.25, -0.2) is 18.1 Å². The summed E-state index contributed by atoms with van der Waals surface area (Å²) in [7, 11) is -4.56. The quantitative estimate of drug-likeness (QED) is 0.0681. The van der Waals surface area contributed by atoms with Crippen LogP contribution in [0, 0.1) is 21.4 Å². The number of morpholine rings is 1. The molecule has 5 aromatic rings. The number of allylic oxidation sites excluding steroid dienone is 1. The maximum absolute atomic E-state index is 14.0. The molecule has 350 valence electrons. The second-order valence-electron chi connectivity index (χ2n) is 18.5. The van der Waals surface area contributed by atoms with Gasteiger partial charge in [-0.2, -0.15) is 0 Å². The Morgan fingerprint density at radius 3 is 2.53 bits per heavy atom. The van der Waals surface area contributed by atoms with Crippen LogP contribution >= 0.6 is 11.3 Å². The Balaban J connectivity index is 0.918. The number of benzene rings is 2. The van der Waals surface area contributed by atoms with Gasteiger partial charge in [-0.15, -0.1) is 11.3 Å². The molecular weight excluding hydrogens is 881 g/mol. The Bertz CT molecular complexity index is 2700. The summed E-state index contributed by atoms with van der Waals surface area (Å²) in [6.45, 7) is 15.0. The Morgan fingerprint density at radius 1 is 0.970 bits per heavy atom. The lowest BCUT2D eigenvalue weighted by Crippen LogP contribution is -2.47. The molecule has 0 radical (unpaired) electrons. The van der Waals surface area contributed by atoms with E-state index in [-0.39, 0.29) is 28.3 Å². The predicted octanol–water partition coefficient (Wildman–Crippen LogP) is 7.90. The van der Waals surface area contributed by atoms with Gasteiger partial charge in [0, 0.05) is 106 Å². The van der Waals surface area contributed by atoms with Crippen molar-refractivity contribution in [2.24, 2.45) is 11.3 Å². The lowest BCUT2D eigenvalue weighted by Gasteiger charge is -2.39. The van der Waals surface area contributed by atoms with E-state index in [0.717, 1.165) is 115 Å². The number of thiophene rings is 1. The maximum atomic E-state index is 14.0. The Kier molecular flexibility index (Phi) is 13.8. The minimum absolute atomic E-state index is 0.0273. The van der Waals surface area contributed by atoms with Crippen LogP contribution in [0.3, 0.4) is 0 Å². The van der Waals surface area contributed by atoms with Gasteiger partial charge in [0.1, 0.15) is 22.8 Å². The maximum Gasteiger partial charge on any atom is 0.293 e. The normalized spacial score (nSPS) is 19.0. The number of hydrogen-bond acceptors (Lipinski definition) is 14. The highest BCUT2D eigenvalue weighted by Crippen LogP contribution is 2.45. The molecule has 66 heavy (non-hydrogen) atoms. The molecule has 3 aliphatic heterocycles. The average Bonchev–Trinajstić information content (AvgIpc) is 3.99. The number of pyridine rings is 1. The number of fused-ring (bicyclic) bond motifs is 1. The highest BCUT2D eigenvalue weighted by molar-refractivity contribution is 7.90. The number of hydrogen-bond donors (Lipinski definition) is 3. The molecule has 0 bridgehead atoms. The van der Waals surface area contributed by atoms with Crippen molar-refractivity contribution >= 4 is 60.9 Å². The van der Waals surface area contributed by atoms with Gasteiger partial charge in [-0.05, 0) is 102 Å². The fraction of sp³-hybridized carbons (Fsp3) is 0.458. The van der Waals surface area contributed by atoms with E-state index in [1.807, 2.05) is 17.4 Å². The molecule has 3 aromatic heterocycles. The van der Waals surface area contributed by atoms with Gasteiger partial charge in [0.2, 0.25) is 0 Å². The number of nitro groups is 1. The van der Waals surface area contributed by atoms with E-state index < -0.39 is 31.4 Å². The number of ether oxygens (including phenoxy) is 3. The van der Waals surface area contributed by atoms with Gasteiger partial charge in [0.15, 0.2) is 0 Å². The van der Waals surface area contributed by atoms with Crippen molar-refractivity contribution < 1.29 is 32.3 Å². The fourth-order valence-corrected chi connectivity index (χ4v) is 11.4. The predicted molar refractivity (Wildman–Crippen MR) is 256 cm³/mol. The van der Waals surface area contributed by atoms with Crippen LogP contribution < -0.4 is 19.7 Å². The molecule has 1 amide bonds. The molecule has 3 saturated heterocycles. The van der Waals surface area contributed by atoms with Crippen LogP contribution in [0.25, 0.3) is 16.6 Å². The van der Waals surface area contributed by atoms with Gasteiger partial charge in [0.05, 0.1) is 34.8 Å². The third-order valence-electron chi connectivity index (χ3n) is 13.3. The number of nitrogens with one attached hydrogen (secondary N) is 3. The SMILES string of the molecule is CC1(C)CCC(CN2CCN(c3ccc(C(=O)NS(=O)(=O)c4ccc(NCC5CCOCC5)c([N+](=O)[O-])c4)c(Oc4cnc5[nH]ccc5c4)c3)CC2)=C(c2ccsc2CN2CCOCC2)C1. The van der Waals surface area contributed by atoms with E-state index in [1.54, 1.807) is 30.5 Å². The van der Waals surface area contributed by atoms with Crippen LogP contribution in [-0.2, 0) is 26.0 Å². The number of carbonyl (C=O) groups excluding carboxylic acids is 1. The van der Waals surface area contributed by atoms with Crippen molar-refractivity contribution in [3.05, 3.63) is 104 Å². The molecule has 4 aliphatic rings. The molecule has 0 unspecified atom stereocenters. The van der Waals surface area contributed by atoms with Crippen molar-refractivity contribution in [2.75, 3.05) is 89.0 Å². The molecule has 9 rings (SSSR count). The highest BCUT2D eigenvalue weighted by atomic mass is 32.2. The van der Waals surface area contributed by atoms with Crippen molar-refractivity contribution in [2.45, 2.75) is 57.4 Å². The summed E-state index contributed by atoms with van der Waals surface area (Å²) in [5.74, 6) is -0.170. The first-order valence-corrected chi connectivity index (χ1v) is 25.2. The summed E-state index contributed by atoms with van der Waals surface area (Å²) < 4.78 is 47.0. The van der Waals surface area contributed by atoms with E-state index in [0.29, 0.717) is 31.2 Å². The monoisotopic (exact) mass is 938 g/mol. The number of carbonyl (C=O) groups is 1. The van der Waals surface area contributed by atoms with Crippen LogP contribution in [0.15, 0.2) is 82.8 Å². The van der Waals surface area contributed by atoms with Crippen LogP contribution in [-0.4, -0.2) is 118 Å². The summed E-state index contributed by atoms with van der Waals surface area (Å²) in [5, 5.41) is 18.3. The van der Waals surface area contributed by atoms with E-state index in [4.69, 9.17) is 14.2 Å². The van der Waals surface area contributed by atoms with Gasteiger partial charge in [-0.1, -0.05) is 19.4 Å². The van der Waals surface area contributed by atoms with Crippen molar-refractivity contribution in [1.29, 1.82) is 0 Å². The summed E-state index contributed by atoms with van der Waals surface area (Å²) in [6, 6.07) is 14.7.